The highest BCUT2D eigenvalue weighted by atomic mass is 32.1. The van der Waals surface area contributed by atoms with Gasteiger partial charge in [0.25, 0.3) is 0 Å². The van der Waals surface area contributed by atoms with Crippen LogP contribution in [0.1, 0.15) is 24.4 Å². The Morgan fingerprint density at radius 2 is 2.43 bits per heavy atom. The minimum Gasteiger partial charge on any atom is -0.375 e. The van der Waals surface area contributed by atoms with Crippen molar-refractivity contribution in [2.24, 2.45) is 5.92 Å². The molecule has 4 heteroatoms. The summed E-state index contributed by atoms with van der Waals surface area (Å²) in [5.41, 5.74) is 1.23. The van der Waals surface area contributed by atoms with Gasteiger partial charge in [0.15, 0.2) is 5.13 Å². The highest BCUT2D eigenvalue weighted by molar-refractivity contribution is 7.15. The molecule has 1 aromatic heterocycles. The summed E-state index contributed by atoms with van der Waals surface area (Å²) in [6.07, 6.45) is 0.967. The summed E-state index contributed by atoms with van der Waals surface area (Å²) < 4.78 is 5.38. The summed E-state index contributed by atoms with van der Waals surface area (Å²) in [7, 11) is 0. The fourth-order valence-corrected chi connectivity index (χ4v) is 2.34. The van der Waals surface area contributed by atoms with Crippen molar-refractivity contribution in [3.63, 3.8) is 0 Å². The van der Waals surface area contributed by atoms with Gasteiger partial charge in [0, 0.05) is 13.0 Å². The first-order chi connectivity index (χ1) is 6.75. The Balaban J connectivity index is 2.01. The Labute approximate surface area is 88.5 Å². The van der Waals surface area contributed by atoms with Crippen molar-refractivity contribution in [1.82, 2.24) is 4.98 Å². The summed E-state index contributed by atoms with van der Waals surface area (Å²) in [4.78, 5) is 5.84. The van der Waals surface area contributed by atoms with Crippen molar-refractivity contribution >= 4 is 16.5 Å². The van der Waals surface area contributed by atoms with Gasteiger partial charge in [-0.25, -0.2) is 4.98 Å². The Hall–Kier alpha value is -0.610. The highest BCUT2D eigenvalue weighted by Gasteiger charge is 2.15. The summed E-state index contributed by atoms with van der Waals surface area (Å²) in [5.74, 6) is 0.659. The van der Waals surface area contributed by atoms with Gasteiger partial charge >= 0.3 is 0 Å². The summed E-state index contributed by atoms with van der Waals surface area (Å²) >= 11 is 1.73. The van der Waals surface area contributed by atoms with Gasteiger partial charge in [-0.05, 0) is 5.92 Å². The van der Waals surface area contributed by atoms with E-state index in [9.17, 15) is 0 Å². The maximum absolute atomic E-state index is 5.38. The van der Waals surface area contributed by atoms with Gasteiger partial charge in [0.05, 0.1) is 23.8 Å². The molecular formula is C10H16N2OS. The van der Waals surface area contributed by atoms with E-state index in [1.165, 1.54) is 10.6 Å². The second-order valence-electron chi connectivity index (χ2n) is 3.97. The molecule has 0 spiro atoms. The second kappa shape index (κ2) is 4.28. The lowest BCUT2D eigenvalue weighted by Gasteiger charge is -2.08. The zero-order valence-corrected chi connectivity index (χ0v) is 9.49. The highest BCUT2D eigenvalue weighted by Crippen LogP contribution is 2.26. The van der Waals surface area contributed by atoms with Crippen molar-refractivity contribution < 1.29 is 4.74 Å². The van der Waals surface area contributed by atoms with Crippen LogP contribution in [-0.4, -0.2) is 18.1 Å². The average Bonchev–Trinajstić information content (AvgIpc) is 2.57. The zero-order valence-electron chi connectivity index (χ0n) is 8.67. The molecule has 1 N–H and O–H groups in total. The molecule has 3 nitrogen and oxygen atoms in total. The number of hydrogen-bond acceptors (Lipinski definition) is 4. The molecule has 0 saturated carbocycles. The molecule has 2 heterocycles. The quantitative estimate of drug-likeness (QED) is 0.834. The normalized spacial score (nSPS) is 15.6. The van der Waals surface area contributed by atoms with Crippen LogP contribution in [0.5, 0.6) is 0 Å². The van der Waals surface area contributed by atoms with Gasteiger partial charge in [-0.3, -0.25) is 0 Å². The summed E-state index contributed by atoms with van der Waals surface area (Å²) in [6.45, 7) is 6.96. The van der Waals surface area contributed by atoms with E-state index in [0.717, 1.165) is 31.3 Å². The van der Waals surface area contributed by atoms with Crippen molar-refractivity contribution in [3.05, 3.63) is 10.6 Å². The van der Waals surface area contributed by atoms with Crippen LogP contribution in [0.4, 0.5) is 5.13 Å². The molecule has 78 valence electrons. The Kier molecular flexibility index (Phi) is 3.03. The molecule has 0 atom stereocenters. The fraction of sp³-hybridized carbons (Fsp3) is 0.700. The zero-order chi connectivity index (χ0) is 9.97. The molecule has 0 fully saturated rings. The number of fused-ring (bicyclic) bond motifs is 1. The molecule has 0 saturated heterocycles. The van der Waals surface area contributed by atoms with Crippen molar-refractivity contribution in [3.8, 4) is 0 Å². The predicted molar refractivity (Wildman–Crippen MR) is 58.8 cm³/mol. The van der Waals surface area contributed by atoms with E-state index in [2.05, 4.69) is 24.1 Å². The van der Waals surface area contributed by atoms with Gasteiger partial charge in [-0.1, -0.05) is 25.2 Å². The summed E-state index contributed by atoms with van der Waals surface area (Å²) in [6, 6.07) is 0. The van der Waals surface area contributed by atoms with Crippen LogP contribution < -0.4 is 5.32 Å². The Bertz CT molecular complexity index is 286. The SMILES string of the molecule is CC(C)CNc1nc2c(s1)COCC2. The first kappa shape index (κ1) is 9.93. The number of ether oxygens (including phenoxy) is 1. The van der Waals surface area contributed by atoms with Crippen LogP contribution >= 0.6 is 11.3 Å². The molecule has 2 rings (SSSR count). The van der Waals surface area contributed by atoms with Crippen LogP contribution in [0, 0.1) is 5.92 Å². The van der Waals surface area contributed by atoms with Crippen LogP contribution in [0.3, 0.4) is 0 Å². The number of nitrogens with zero attached hydrogens (tertiary/aromatic N) is 1. The molecule has 0 bridgehead atoms. The third kappa shape index (κ3) is 2.25. The van der Waals surface area contributed by atoms with Gasteiger partial charge in [-0.15, -0.1) is 0 Å². The Morgan fingerprint density at radius 1 is 1.57 bits per heavy atom. The second-order valence-corrected chi connectivity index (χ2v) is 5.05. The van der Waals surface area contributed by atoms with Crippen LogP contribution in [0.2, 0.25) is 0 Å². The van der Waals surface area contributed by atoms with E-state index in [4.69, 9.17) is 4.74 Å². The van der Waals surface area contributed by atoms with Crippen molar-refractivity contribution in [2.45, 2.75) is 26.9 Å². The minimum atomic E-state index is 0.659. The number of aromatic nitrogens is 1. The topological polar surface area (TPSA) is 34.2 Å². The third-order valence-electron chi connectivity index (χ3n) is 2.16. The molecule has 0 aliphatic carbocycles. The van der Waals surface area contributed by atoms with E-state index in [0.29, 0.717) is 5.92 Å². The molecule has 1 aliphatic heterocycles. The van der Waals surface area contributed by atoms with E-state index >= 15 is 0 Å². The minimum absolute atomic E-state index is 0.659. The van der Waals surface area contributed by atoms with Gasteiger partial charge in [-0.2, -0.15) is 0 Å². The molecule has 0 radical (unpaired) electrons. The van der Waals surface area contributed by atoms with E-state index in [1.807, 2.05) is 0 Å². The number of rotatable bonds is 3. The lowest BCUT2D eigenvalue weighted by molar-refractivity contribution is 0.112. The van der Waals surface area contributed by atoms with E-state index in [1.54, 1.807) is 11.3 Å². The largest absolute Gasteiger partial charge is 0.375 e. The number of anilines is 1. The smallest absolute Gasteiger partial charge is 0.183 e. The first-order valence-corrected chi connectivity index (χ1v) is 5.87. The standard InChI is InChI=1S/C10H16N2OS/c1-7(2)5-11-10-12-8-3-4-13-6-9(8)14-10/h7H,3-6H2,1-2H3,(H,11,12). The first-order valence-electron chi connectivity index (χ1n) is 5.06. The lowest BCUT2D eigenvalue weighted by atomic mass is 10.2. The van der Waals surface area contributed by atoms with Crippen LogP contribution in [-0.2, 0) is 17.8 Å². The predicted octanol–water partition coefficient (Wildman–Crippen LogP) is 2.28. The molecule has 1 aliphatic rings. The van der Waals surface area contributed by atoms with Crippen molar-refractivity contribution in [1.29, 1.82) is 0 Å². The molecule has 0 unspecified atom stereocenters. The van der Waals surface area contributed by atoms with E-state index in [-0.39, 0.29) is 0 Å². The maximum atomic E-state index is 5.38. The molecule has 1 aromatic rings. The van der Waals surface area contributed by atoms with Crippen LogP contribution in [0.25, 0.3) is 0 Å². The number of hydrogen-bond donors (Lipinski definition) is 1. The fourth-order valence-electron chi connectivity index (χ4n) is 1.39. The van der Waals surface area contributed by atoms with Crippen molar-refractivity contribution in [2.75, 3.05) is 18.5 Å². The van der Waals surface area contributed by atoms with Gasteiger partial charge < -0.3 is 10.1 Å². The molecular weight excluding hydrogens is 196 g/mol. The van der Waals surface area contributed by atoms with E-state index < -0.39 is 0 Å². The molecule has 0 aromatic carbocycles. The molecule has 0 amide bonds. The number of nitrogens with one attached hydrogen (secondary N) is 1. The Morgan fingerprint density at radius 3 is 3.14 bits per heavy atom. The average molecular weight is 212 g/mol. The van der Waals surface area contributed by atoms with Gasteiger partial charge in [0.1, 0.15) is 0 Å². The third-order valence-corrected chi connectivity index (χ3v) is 3.18. The monoisotopic (exact) mass is 212 g/mol. The van der Waals surface area contributed by atoms with Crippen LogP contribution in [0.15, 0.2) is 0 Å². The maximum Gasteiger partial charge on any atom is 0.183 e. The number of thiazole rings is 1. The lowest BCUT2D eigenvalue weighted by Crippen LogP contribution is -2.08. The molecule has 14 heavy (non-hydrogen) atoms. The summed E-state index contributed by atoms with van der Waals surface area (Å²) in [5, 5.41) is 4.40. The van der Waals surface area contributed by atoms with Gasteiger partial charge in [0.2, 0.25) is 0 Å².